The van der Waals surface area contributed by atoms with E-state index in [1.54, 1.807) is 18.6 Å². The number of nitrogens with one attached hydrogen (secondary N) is 3. The lowest BCUT2D eigenvalue weighted by molar-refractivity contribution is 0.162. The van der Waals surface area contributed by atoms with Gasteiger partial charge in [0.15, 0.2) is 11.5 Å². The maximum atomic E-state index is 6.22. The van der Waals surface area contributed by atoms with Crippen LogP contribution < -0.4 is 10.1 Å². The van der Waals surface area contributed by atoms with Crippen LogP contribution in [-0.2, 0) is 0 Å². The van der Waals surface area contributed by atoms with Gasteiger partial charge in [0.1, 0.15) is 17.5 Å². The topological polar surface area (TPSA) is 117 Å². The minimum absolute atomic E-state index is 0.221. The van der Waals surface area contributed by atoms with Gasteiger partial charge in [-0.15, -0.1) is 0 Å². The Morgan fingerprint density at radius 2 is 1.84 bits per heavy atom. The lowest BCUT2D eigenvalue weighted by Gasteiger charge is -2.23. The van der Waals surface area contributed by atoms with Gasteiger partial charge < -0.3 is 15.0 Å². The van der Waals surface area contributed by atoms with E-state index in [1.165, 1.54) is 0 Å². The van der Waals surface area contributed by atoms with Crippen LogP contribution in [-0.4, -0.2) is 54.3 Å². The fourth-order valence-corrected chi connectivity index (χ4v) is 4.88. The van der Waals surface area contributed by atoms with Crippen LogP contribution in [0.2, 0.25) is 0 Å². The lowest BCUT2D eigenvalue weighted by atomic mass is 10.0. The molecular weight excluding hydrogens is 464 g/mol. The van der Waals surface area contributed by atoms with Crippen molar-refractivity contribution in [3.8, 4) is 39.7 Å². The number of pyridine rings is 3. The number of imidazole rings is 1. The van der Waals surface area contributed by atoms with Crippen LogP contribution in [0.15, 0.2) is 73.3 Å². The molecule has 0 saturated carbocycles. The maximum absolute atomic E-state index is 6.22. The van der Waals surface area contributed by atoms with E-state index in [-0.39, 0.29) is 6.10 Å². The third-order valence-electron chi connectivity index (χ3n) is 6.76. The Kier molecular flexibility index (Phi) is 5.32. The number of H-pyrrole nitrogens is 2. The second kappa shape index (κ2) is 9.11. The molecule has 0 amide bonds. The van der Waals surface area contributed by atoms with E-state index in [0.29, 0.717) is 11.5 Å². The third kappa shape index (κ3) is 4.09. The summed E-state index contributed by atoms with van der Waals surface area (Å²) in [6.45, 7) is 1.97. The van der Waals surface area contributed by atoms with Crippen molar-refractivity contribution in [1.82, 2.24) is 40.4 Å². The molecule has 0 atom stereocenters. The van der Waals surface area contributed by atoms with Crippen LogP contribution in [0.25, 0.3) is 56.0 Å². The first-order valence-corrected chi connectivity index (χ1v) is 12.4. The van der Waals surface area contributed by atoms with Gasteiger partial charge >= 0.3 is 0 Å². The zero-order chi connectivity index (χ0) is 24.6. The molecule has 0 unspecified atom stereocenters. The smallest absolute Gasteiger partial charge is 0.178 e. The van der Waals surface area contributed by atoms with Gasteiger partial charge in [-0.05, 0) is 67.9 Å². The Morgan fingerprint density at radius 1 is 0.892 bits per heavy atom. The summed E-state index contributed by atoms with van der Waals surface area (Å²) < 4.78 is 6.22. The first-order valence-electron chi connectivity index (χ1n) is 12.4. The lowest BCUT2D eigenvalue weighted by Crippen LogP contribution is -2.34. The van der Waals surface area contributed by atoms with Gasteiger partial charge in [0.2, 0.25) is 0 Å². The highest BCUT2D eigenvalue weighted by Gasteiger charge is 2.18. The molecule has 7 rings (SSSR count). The molecular formula is C28H24N8O. The molecule has 1 aromatic carbocycles. The first-order chi connectivity index (χ1) is 18.3. The van der Waals surface area contributed by atoms with E-state index in [9.17, 15) is 0 Å². The van der Waals surface area contributed by atoms with Crippen LogP contribution in [0.1, 0.15) is 12.8 Å². The second-order valence-corrected chi connectivity index (χ2v) is 9.17. The van der Waals surface area contributed by atoms with Crippen molar-refractivity contribution >= 4 is 22.1 Å². The average Bonchev–Trinajstić information content (AvgIpc) is 3.58. The van der Waals surface area contributed by atoms with E-state index in [0.717, 1.165) is 76.2 Å². The molecule has 182 valence electrons. The first kappa shape index (κ1) is 21.6. The molecule has 9 heteroatoms. The molecule has 1 aliphatic rings. The molecule has 5 aromatic heterocycles. The monoisotopic (exact) mass is 488 g/mol. The largest absolute Gasteiger partial charge is 0.489 e. The Bertz CT molecular complexity index is 1700. The summed E-state index contributed by atoms with van der Waals surface area (Å²) in [5, 5.41) is 12.0. The fraction of sp³-hybridized carbons (Fsp3) is 0.179. The number of aromatic amines is 2. The van der Waals surface area contributed by atoms with Gasteiger partial charge in [0, 0.05) is 35.1 Å². The minimum atomic E-state index is 0.221. The highest BCUT2D eigenvalue weighted by molar-refractivity contribution is 5.97. The number of rotatable bonds is 5. The highest BCUT2D eigenvalue weighted by atomic mass is 16.5. The van der Waals surface area contributed by atoms with E-state index >= 15 is 0 Å². The van der Waals surface area contributed by atoms with Gasteiger partial charge in [0.25, 0.3) is 0 Å². The normalized spacial score (nSPS) is 14.4. The zero-order valence-corrected chi connectivity index (χ0v) is 20.0. The van der Waals surface area contributed by atoms with Gasteiger partial charge in [-0.1, -0.05) is 12.1 Å². The van der Waals surface area contributed by atoms with E-state index in [1.807, 2.05) is 36.5 Å². The van der Waals surface area contributed by atoms with E-state index in [4.69, 9.17) is 9.72 Å². The van der Waals surface area contributed by atoms with Crippen LogP contribution in [0, 0.1) is 0 Å². The molecule has 1 fully saturated rings. The van der Waals surface area contributed by atoms with Crippen LogP contribution in [0.5, 0.6) is 5.75 Å². The summed E-state index contributed by atoms with van der Waals surface area (Å²) >= 11 is 0. The number of benzene rings is 1. The quantitative estimate of drug-likeness (QED) is 0.320. The van der Waals surface area contributed by atoms with Crippen LogP contribution in [0.4, 0.5) is 0 Å². The average molecular weight is 489 g/mol. The van der Waals surface area contributed by atoms with Crippen molar-refractivity contribution in [2.75, 3.05) is 13.1 Å². The Labute approximate surface area is 212 Å². The molecule has 0 bridgehead atoms. The molecule has 9 nitrogen and oxygen atoms in total. The van der Waals surface area contributed by atoms with Crippen molar-refractivity contribution < 1.29 is 4.74 Å². The van der Waals surface area contributed by atoms with Crippen molar-refractivity contribution in [2.24, 2.45) is 0 Å². The van der Waals surface area contributed by atoms with Crippen molar-refractivity contribution in [3.63, 3.8) is 0 Å². The zero-order valence-electron chi connectivity index (χ0n) is 20.0. The summed E-state index contributed by atoms with van der Waals surface area (Å²) in [6.07, 6.45) is 9.41. The van der Waals surface area contributed by atoms with Gasteiger partial charge in [-0.3, -0.25) is 15.1 Å². The summed E-state index contributed by atoms with van der Waals surface area (Å²) in [4.78, 5) is 21.6. The Hall–Kier alpha value is -4.63. The summed E-state index contributed by atoms with van der Waals surface area (Å²) in [5.41, 5.74) is 6.93. The Balaban J connectivity index is 1.26. The molecule has 0 aliphatic carbocycles. The van der Waals surface area contributed by atoms with Crippen molar-refractivity contribution in [1.29, 1.82) is 0 Å². The maximum Gasteiger partial charge on any atom is 0.178 e. The minimum Gasteiger partial charge on any atom is -0.489 e. The molecule has 0 radical (unpaired) electrons. The molecule has 6 aromatic rings. The van der Waals surface area contributed by atoms with Gasteiger partial charge in [-0.25, -0.2) is 9.97 Å². The number of ether oxygens (including phenoxy) is 1. The number of nitrogens with zero attached hydrogens (tertiary/aromatic N) is 5. The number of hydrogen-bond acceptors (Lipinski definition) is 7. The summed E-state index contributed by atoms with van der Waals surface area (Å²) in [6, 6.07) is 16.0. The van der Waals surface area contributed by atoms with Gasteiger partial charge in [-0.2, -0.15) is 5.10 Å². The van der Waals surface area contributed by atoms with E-state index in [2.05, 4.69) is 53.6 Å². The third-order valence-corrected chi connectivity index (χ3v) is 6.76. The highest BCUT2D eigenvalue weighted by Crippen LogP contribution is 2.33. The van der Waals surface area contributed by atoms with Crippen LogP contribution in [0.3, 0.4) is 0 Å². The van der Waals surface area contributed by atoms with Crippen LogP contribution >= 0.6 is 0 Å². The summed E-state index contributed by atoms with van der Waals surface area (Å²) in [7, 11) is 0. The number of aromatic nitrogens is 7. The molecule has 1 aliphatic heterocycles. The number of hydrogen-bond donors (Lipinski definition) is 3. The Morgan fingerprint density at radius 3 is 2.73 bits per heavy atom. The molecule has 1 saturated heterocycles. The molecule has 3 N–H and O–H groups in total. The molecule has 0 spiro atoms. The predicted octanol–water partition coefficient (Wildman–Crippen LogP) is 4.76. The van der Waals surface area contributed by atoms with Crippen molar-refractivity contribution in [2.45, 2.75) is 18.9 Å². The SMILES string of the molecule is c1ccc(-c2ccnc3nc(-c4n[nH]c5ccc(-c6cncc(OC7CCNCC7)c6)cc45)[nH]c23)nc1. The van der Waals surface area contributed by atoms with Crippen molar-refractivity contribution in [3.05, 3.63) is 73.3 Å². The molecule has 6 heterocycles. The summed E-state index contributed by atoms with van der Waals surface area (Å²) in [5.74, 6) is 1.44. The number of piperidine rings is 1. The van der Waals surface area contributed by atoms with E-state index < -0.39 is 0 Å². The molecule has 37 heavy (non-hydrogen) atoms. The number of fused-ring (bicyclic) bond motifs is 2. The van der Waals surface area contributed by atoms with Gasteiger partial charge in [0.05, 0.1) is 22.9 Å². The second-order valence-electron chi connectivity index (χ2n) is 9.17. The predicted molar refractivity (Wildman–Crippen MR) is 142 cm³/mol. The standard InChI is InChI=1S/C28H24N8O/c1-2-9-31-23(3-1)21-8-12-32-27-25(21)33-28(34-27)26-22-14-17(4-5-24(22)35-36-26)18-13-20(16-30-15-18)37-19-6-10-29-11-7-19/h1-5,8-9,12-16,19,29H,6-7,10-11H2,(H,35,36)(H,32,33,34). The fourth-order valence-electron chi connectivity index (χ4n) is 4.88.